The van der Waals surface area contributed by atoms with Gasteiger partial charge in [-0.25, -0.2) is 15.0 Å². The highest BCUT2D eigenvalue weighted by atomic mass is 127. The average molecular weight is 547 g/mol. The fourth-order valence-electron chi connectivity index (χ4n) is 3.12. The summed E-state index contributed by atoms with van der Waals surface area (Å²) >= 11 is 0. The number of rotatable bonds is 8. The number of aliphatic imine (C=N–C) groups is 1. The number of aryl methyl sites for hydroxylation is 1. The molecule has 8 nitrogen and oxygen atoms in total. The number of nitrogens with zero attached hydrogens (tertiary/aromatic N) is 4. The summed E-state index contributed by atoms with van der Waals surface area (Å²) in [5.74, 6) is 2.41. The lowest BCUT2D eigenvalue weighted by molar-refractivity contribution is 0.0963. The van der Waals surface area contributed by atoms with Crippen LogP contribution in [0.4, 0.5) is 0 Å². The Morgan fingerprint density at radius 2 is 1.97 bits per heavy atom. The van der Waals surface area contributed by atoms with E-state index < -0.39 is 0 Å². The summed E-state index contributed by atoms with van der Waals surface area (Å²) < 4.78 is 1.94. The highest BCUT2D eigenvalue weighted by molar-refractivity contribution is 14.0. The van der Waals surface area contributed by atoms with E-state index in [0.29, 0.717) is 18.7 Å². The van der Waals surface area contributed by atoms with Gasteiger partial charge in [0.25, 0.3) is 5.91 Å². The van der Waals surface area contributed by atoms with E-state index in [1.165, 1.54) is 0 Å². The van der Waals surface area contributed by atoms with Crippen molar-refractivity contribution in [3.63, 3.8) is 0 Å². The zero-order chi connectivity index (χ0) is 22.1. The van der Waals surface area contributed by atoms with Crippen LogP contribution in [0.25, 0.3) is 5.82 Å². The summed E-state index contributed by atoms with van der Waals surface area (Å²) in [7, 11) is 1.64. The number of aromatic nitrogens is 3. The van der Waals surface area contributed by atoms with Gasteiger partial charge in [0.05, 0.1) is 6.54 Å². The number of hydrogen-bond donors (Lipinski definition) is 3. The number of pyridine rings is 1. The molecule has 3 N–H and O–H groups in total. The van der Waals surface area contributed by atoms with Gasteiger partial charge in [0, 0.05) is 44.3 Å². The molecule has 2 heterocycles. The summed E-state index contributed by atoms with van der Waals surface area (Å²) in [6, 6.07) is 11.7. The van der Waals surface area contributed by atoms with Gasteiger partial charge in [-0.15, -0.1) is 24.0 Å². The van der Waals surface area contributed by atoms with Crippen molar-refractivity contribution >= 4 is 35.8 Å². The maximum absolute atomic E-state index is 11.8. The molecule has 0 radical (unpaired) electrons. The van der Waals surface area contributed by atoms with E-state index in [-0.39, 0.29) is 29.9 Å². The minimum Gasteiger partial charge on any atom is -0.357 e. The van der Waals surface area contributed by atoms with E-state index in [9.17, 15) is 4.79 Å². The Hall–Kier alpha value is -2.95. The van der Waals surface area contributed by atoms with Crippen molar-refractivity contribution in [2.75, 3.05) is 20.1 Å². The summed E-state index contributed by atoms with van der Waals surface area (Å²) in [4.78, 5) is 25.2. The van der Waals surface area contributed by atoms with Crippen molar-refractivity contribution in [1.29, 1.82) is 0 Å². The fourth-order valence-corrected chi connectivity index (χ4v) is 3.12. The van der Waals surface area contributed by atoms with E-state index >= 15 is 0 Å². The smallest absolute Gasteiger partial charge is 0.251 e. The van der Waals surface area contributed by atoms with Crippen LogP contribution in [0.15, 0.2) is 60.0 Å². The molecule has 2 aromatic heterocycles. The largest absolute Gasteiger partial charge is 0.357 e. The third-order valence-electron chi connectivity index (χ3n) is 4.77. The molecule has 1 aromatic carbocycles. The Morgan fingerprint density at radius 1 is 1.12 bits per heavy atom. The maximum atomic E-state index is 11.8. The van der Waals surface area contributed by atoms with E-state index in [1.54, 1.807) is 13.2 Å². The zero-order valence-corrected chi connectivity index (χ0v) is 21.0. The lowest BCUT2D eigenvalue weighted by Gasteiger charge is -2.12. The lowest BCUT2D eigenvalue weighted by Crippen LogP contribution is -2.38. The molecule has 170 valence electrons. The molecule has 3 rings (SSSR count). The molecular formula is C23H30IN7O. The number of halogens is 1. The Balaban J connectivity index is 0.00000363. The molecule has 0 atom stereocenters. The summed E-state index contributed by atoms with van der Waals surface area (Å²) in [6.45, 7) is 5.99. The highest BCUT2D eigenvalue weighted by Gasteiger charge is 2.05. The number of hydrogen-bond acceptors (Lipinski definition) is 4. The number of carbonyl (C=O) groups excluding carboxylic acids is 1. The summed E-state index contributed by atoms with van der Waals surface area (Å²) in [5.41, 5.74) is 2.79. The molecule has 0 saturated heterocycles. The van der Waals surface area contributed by atoms with Crippen molar-refractivity contribution in [2.45, 2.75) is 26.8 Å². The van der Waals surface area contributed by atoms with E-state index in [2.05, 4.69) is 30.9 Å². The number of amides is 1. The van der Waals surface area contributed by atoms with Crippen LogP contribution >= 0.6 is 24.0 Å². The number of carbonyl (C=O) groups is 1. The second kappa shape index (κ2) is 12.8. The first-order valence-electron chi connectivity index (χ1n) is 10.4. The van der Waals surface area contributed by atoms with Crippen LogP contribution in [-0.2, 0) is 13.0 Å². The quantitative estimate of drug-likeness (QED) is 0.229. The predicted molar refractivity (Wildman–Crippen MR) is 138 cm³/mol. The first-order valence-corrected chi connectivity index (χ1v) is 10.4. The Labute approximate surface area is 206 Å². The van der Waals surface area contributed by atoms with E-state index in [4.69, 9.17) is 0 Å². The standard InChI is InChI=1S/C23H29N7O.HI/c1-4-25-23(27-11-10-18-6-5-7-20(14-18)22(31)24-3)29-16-19-8-9-21(28-15-19)30-13-12-26-17(30)2;/h5-9,12-15H,4,10-11,16H2,1-3H3,(H,24,31)(H2,25,27,29);1H. The fraction of sp³-hybridized carbons (Fsp3) is 0.304. The molecule has 0 aliphatic heterocycles. The molecule has 0 spiro atoms. The van der Waals surface area contributed by atoms with Crippen molar-refractivity contribution in [1.82, 2.24) is 30.5 Å². The Bertz CT molecular complexity index is 1030. The van der Waals surface area contributed by atoms with Crippen LogP contribution < -0.4 is 16.0 Å². The third-order valence-corrected chi connectivity index (χ3v) is 4.77. The number of imidazole rings is 1. The Kier molecular flexibility index (Phi) is 10.1. The maximum Gasteiger partial charge on any atom is 0.251 e. The van der Waals surface area contributed by atoms with Gasteiger partial charge >= 0.3 is 0 Å². The van der Waals surface area contributed by atoms with Crippen LogP contribution in [0.1, 0.15) is 34.2 Å². The lowest BCUT2D eigenvalue weighted by atomic mass is 10.1. The minimum atomic E-state index is -0.0764. The molecule has 0 aliphatic rings. The first kappa shape index (κ1) is 25.3. The van der Waals surface area contributed by atoms with Crippen LogP contribution in [0.2, 0.25) is 0 Å². The van der Waals surface area contributed by atoms with E-state index in [0.717, 1.165) is 41.7 Å². The van der Waals surface area contributed by atoms with Gasteiger partial charge in [0.2, 0.25) is 0 Å². The molecule has 0 unspecified atom stereocenters. The first-order chi connectivity index (χ1) is 15.1. The zero-order valence-electron chi connectivity index (χ0n) is 18.6. The molecule has 9 heteroatoms. The number of benzene rings is 1. The molecule has 0 saturated carbocycles. The second-order valence-corrected chi connectivity index (χ2v) is 7.02. The molecule has 0 fully saturated rings. The molecule has 0 aliphatic carbocycles. The molecule has 3 aromatic rings. The molecule has 32 heavy (non-hydrogen) atoms. The number of nitrogens with one attached hydrogen (secondary N) is 3. The van der Waals surface area contributed by atoms with Gasteiger partial charge in [-0.1, -0.05) is 18.2 Å². The van der Waals surface area contributed by atoms with Crippen LogP contribution in [0, 0.1) is 6.92 Å². The van der Waals surface area contributed by atoms with Crippen molar-refractivity contribution < 1.29 is 4.79 Å². The van der Waals surface area contributed by atoms with Crippen molar-refractivity contribution in [3.05, 3.63) is 77.5 Å². The highest BCUT2D eigenvalue weighted by Crippen LogP contribution is 2.09. The normalized spacial score (nSPS) is 10.9. The molecular weight excluding hydrogens is 517 g/mol. The number of guanidine groups is 1. The van der Waals surface area contributed by atoms with Gasteiger partial charge in [-0.3, -0.25) is 9.36 Å². The van der Waals surface area contributed by atoms with Gasteiger partial charge < -0.3 is 16.0 Å². The second-order valence-electron chi connectivity index (χ2n) is 7.02. The summed E-state index contributed by atoms with van der Waals surface area (Å²) in [6.07, 6.45) is 6.29. The van der Waals surface area contributed by atoms with Crippen LogP contribution in [0.3, 0.4) is 0 Å². The predicted octanol–water partition coefficient (Wildman–Crippen LogP) is 2.85. The average Bonchev–Trinajstić information content (AvgIpc) is 3.23. The van der Waals surface area contributed by atoms with Gasteiger partial charge in [-0.05, 0) is 49.6 Å². The molecule has 1 amide bonds. The van der Waals surface area contributed by atoms with Gasteiger partial charge in [0.15, 0.2) is 5.96 Å². The monoisotopic (exact) mass is 547 g/mol. The minimum absolute atomic E-state index is 0. The summed E-state index contributed by atoms with van der Waals surface area (Å²) in [5, 5.41) is 9.26. The van der Waals surface area contributed by atoms with Crippen LogP contribution in [0.5, 0.6) is 0 Å². The SMILES string of the molecule is CCNC(=NCc1ccc(-n2ccnc2C)nc1)NCCc1cccc(C(=O)NC)c1.I. The van der Waals surface area contributed by atoms with Crippen molar-refractivity contribution in [2.24, 2.45) is 4.99 Å². The third kappa shape index (κ3) is 7.04. The van der Waals surface area contributed by atoms with Crippen molar-refractivity contribution in [3.8, 4) is 5.82 Å². The van der Waals surface area contributed by atoms with E-state index in [1.807, 2.05) is 67.2 Å². The van der Waals surface area contributed by atoms with Gasteiger partial charge in [0.1, 0.15) is 11.6 Å². The Morgan fingerprint density at radius 3 is 2.62 bits per heavy atom. The van der Waals surface area contributed by atoms with Gasteiger partial charge in [-0.2, -0.15) is 0 Å². The molecule has 0 bridgehead atoms. The topological polar surface area (TPSA) is 96.2 Å². The van der Waals surface area contributed by atoms with Crippen LogP contribution in [-0.4, -0.2) is 46.5 Å².